The van der Waals surface area contributed by atoms with Gasteiger partial charge in [0.05, 0.1) is 5.27 Å². The second-order valence-corrected chi connectivity index (χ2v) is 3.71. The summed E-state index contributed by atoms with van der Waals surface area (Å²) in [6.45, 7) is -0.0889. The van der Waals surface area contributed by atoms with Gasteiger partial charge in [0, 0.05) is 10.7 Å². The van der Waals surface area contributed by atoms with Gasteiger partial charge in [-0.25, -0.2) is 0 Å². The van der Waals surface area contributed by atoms with E-state index in [2.05, 4.69) is 15.1 Å². The number of aromatic nitrogens is 2. The summed E-state index contributed by atoms with van der Waals surface area (Å²) in [5, 5.41) is 17.2. The Bertz CT molecular complexity index is 524. The molecule has 0 atom stereocenters. The van der Waals surface area contributed by atoms with Crippen LogP contribution in [-0.2, 0) is 11.3 Å². The molecule has 7 heteroatoms. The van der Waals surface area contributed by atoms with Gasteiger partial charge in [0.1, 0.15) is 5.95 Å². The molecule has 0 bridgehead atoms. The normalized spacial score (nSPS) is 10.2. The van der Waals surface area contributed by atoms with Crippen molar-refractivity contribution in [2.45, 2.75) is 6.54 Å². The van der Waals surface area contributed by atoms with E-state index in [0.717, 1.165) is 10.9 Å². The number of carbonyl (C=O) groups is 1. The van der Waals surface area contributed by atoms with E-state index in [9.17, 15) is 9.90 Å². The maximum atomic E-state index is 11.5. The quantitative estimate of drug-likeness (QED) is 0.799. The molecule has 1 aromatic heterocycles. The highest BCUT2D eigenvalue weighted by molar-refractivity contribution is 6.30. The molecule has 2 rings (SSSR count). The van der Waals surface area contributed by atoms with E-state index in [0.29, 0.717) is 10.7 Å². The van der Waals surface area contributed by atoms with Crippen LogP contribution in [0.2, 0.25) is 5.02 Å². The summed E-state index contributed by atoms with van der Waals surface area (Å²) in [6.07, 6.45) is 1.10. The van der Waals surface area contributed by atoms with E-state index >= 15 is 0 Å². The third-order valence-electron chi connectivity index (χ3n) is 1.92. The van der Waals surface area contributed by atoms with Crippen LogP contribution in [0, 0.1) is 0 Å². The second-order valence-electron chi connectivity index (χ2n) is 3.27. The van der Waals surface area contributed by atoms with Gasteiger partial charge in [-0.15, -0.1) is 0 Å². The lowest BCUT2D eigenvalue weighted by atomic mass is 10.3. The molecule has 0 saturated carbocycles. The number of hydrogen-bond acceptors (Lipinski definition) is 4. The SMILES string of the molecule is O=C(C[n+]1cc([O-])on1)Nc1ccc(Cl)cc1. The van der Waals surface area contributed by atoms with Crippen molar-refractivity contribution in [1.29, 1.82) is 0 Å². The third kappa shape index (κ3) is 3.18. The van der Waals surface area contributed by atoms with Gasteiger partial charge >= 0.3 is 0 Å². The molecule has 0 spiro atoms. The number of nitrogens with zero attached hydrogens (tertiary/aromatic N) is 2. The first-order chi connectivity index (χ1) is 8.13. The van der Waals surface area contributed by atoms with Crippen LogP contribution in [0.1, 0.15) is 0 Å². The van der Waals surface area contributed by atoms with Crippen molar-refractivity contribution < 1.29 is 19.1 Å². The number of benzene rings is 1. The first-order valence-corrected chi connectivity index (χ1v) is 5.10. The average molecular weight is 254 g/mol. The average Bonchev–Trinajstić information content (AvgIpc) is 2.67. The third-order valence-corrected chi connectivity index (χ3v) is 2.18. The van der Waals surface area contributed by atoms with Crippen LogP contribution in [0.4, 0.5) is 5.69 Å². The minimum Gasteiger partial charge on any atom is -0.539 e. The Hall–Kier alpha value is -2.08. The molecule has 6 nitrogen and oxygen atoms in total. The van der Waals surface area contributed by atoms with Gasteiger partial charge in [-0.1, -0.05) is 16.3 Å². The van der Waals surface area contributed by atoms with Crippen LogP contribution in [0.3, 0.4) is 0 Å². The van der Waals surface area contributed by atoms with Crippen LogP contribution in [-0.4, -0.2) is 11.2 Å². The van der Waals surface area contributed by atoms with E-state index in [1.165, 1.54) is 0 Å². The predicted octanol–water partition coefficient (Wildman–Crippen LogP) is 0.328. The Labute approximate surface area is 101 Å². The molecule has 0 aliphatic rings. The van der Waals surface area contributed by atoms with Gasteiger partial charge in [0.2, 0.25) is 6.20 Å². The Balaban J connectivity index is 1.95. The van der Waals surface area contributed by atoms with Gasteiger partial charge in [-0.2, -0.15) is 0 Å². The minimum absolute atomic E-state index is 0.0889. The molecule has 0 aliphatic carbocycles. The predicted molar refractivity (Wildman–Crippen MR) is 56.2 cm³/mol. The number of carbonyl (C=O) groups excluding carboxylic acids is 1. The number of amides is 1. The fraction of sp³-hybridized carbons (Fsp3) is 0.100. The zero-order chi connectivity index (χ0) is 12.3. The summed E-state index contributed by atoms with van der Waals surface area (Å²) in [5.41, 5.74) is 0.617. The summed E-state index contributed by atoms with van der Waals surface area (Å²) >= 11 is 5.71. The number of anilines is 1. The number of hydrogen-bond donors (Lipinski definition) is 1. The molecule has 0 unspecified atom stereocenters. The van der Waals surface area contributed by atoms with Gasteiger partial charge in [-0.05, 0) is 24.3 Å². The van der Waals surface area contributed by atoms with Crippen molar-refractivity contribution in [2.75, 3.05) is 5.32 Å². The van der Waals surface area contributed by atoms with Gasteiger partial charge in [0.25, 0.3) is 12.5 Å². The van der Waals surface area contributed by atoms with E-state index in [4.69, 9.17) is 11.6 Å². The molecule has 0 radical (unpaired) electrons. The van der Waals surface area contributed by atoms with Crippen molar-refractivity contribution in [3.63, 3.8) is 0 Å². The van der Waals surface area contributed by atoms with Crippen LogP contribution < -0.4 is 15.1 Å². The largest absolute Gasteiger partial charge is 0.539 e. The van der Waals surface area contributed by atoms with E-state index in [1.54, 1.807) is 24.3 Å². The summed E-state index contributed by atoms with van der Waals surface area (Å²) < 4.78 is 5.41. The lowest BCUT2D eigenvalue weighted by molar-refractivity contribution is -0.750. The monoisotopic (exact) mass is 253 g/mol. The first-order valence-electron chi connectivity index (χ1n) is 4.72. The molecule has 1 aromatic carbocycles. The fourth-order valence-electron chi connectivity index (χ4n) is 1.22. The van der Waals surface area contributed by atoms with Crippen LogP contribution in [0.15, 0.2) is 35.0 Å². The van der Waals surface area contributed by atoms with Crippen molar-refractivity contribution >= 4 is 23.2 Å². The van der Waals surface area contributed by atoms with Gasteiger partial charge in [0.15, 0.2) is 0 Å². The lowest BCUT2D eigenvalue weighted by Gasteiger charge is -2.01. The summed E-state index contributed by atoms with van der Waals surface area (Å²) in [4.78, 5) is 11.5. The molecule has 2 aromatic rings. The maximum Gasteiger partial charge on any atom is 0.292 e. The summed E-state index contributed by atoms with van der Waals surface area (Å²) in [6, 6.07) is 6.67. The van der Waals surface area contributed by atoms with E-state index in [1.807, 2.05) is 0 Å². The lowest BCUT2D eigenvalue weighted by Crippen LogP contribution is -2.41. The number of rotatable bonds is 3. The highest BCUT2D eigenvalue weighted by atomic mass is 35.5. The summed E-state index contributed by atoms with van der Waals surface area (Å²) in [7, 11) is 0. The molecule has 17 heavy (non-hydrogen) atoms. The van der Waals surface area contributed by atoms with Crippen molar-refractivity contribution in [2.24, 2.45) is 0 Å². The molecular weight excluding hydrogens is 246 g/mol. The van der Waals surface area contributed by atoms with Crippen molar-refractivity contribution in [3.05, 3.63) is 35.5 Å². The highest BCUT2D eigenvalue weighted by Crippen LogP contribution is 2.13. The standard InChI is InChI=1S/C10H8ClN3O3/c11-7-1-3-8(4-2-7)12-9(15)5-14-6-10(16)17-13-14/h1-4,6H,5H2,(H-,12,13,15,16). The molecule has 88 valence electrons. The molecule has 0 saturated heterocycles. The van der Waals surface area contributed by atoms with Gasteiger partial charge in [-0.3, -0.25) is 4.79 Å². The van der Waals surface area contributed by atoms with Crippen LogP contribution in [0.25, 0.3) is 0 Å². The van der Waals surface area contributed by atoms with Gasteiger partial charge < -0.3 is 14.9 Å². The van der Waals surface area contributed by atoms with Crippen molar-refractivity contribution in [3.8, 4) is 5.95 Å². The highest BCUT2D eigenvalue weighted by Gasteiger charge is 2.11. The number of nitrogens with one attached hydrogen (secondary N) is 1. The molecule has 1 heterocycles. The Morgan fingerprint density at radius 3 is 2.76 bits per heavy atom. The van der Waals surface area contributed by atoms with Crippen LogP contribution >= 0.6 is 11.6 Å². The molecule has 0 fully saturated rings. The Morgan fingerprint density at radius 2 is 2.18 bits per heavy atom. The van der Waals surface area contributed by atoms with Crippen LogP contribution in [0.5, 0.6) is 5.95 Å². The zero-order valence-electron chi connectivity index (χ0n) is 8.59. The smallest absolute Gasteiger partial charge is 0.292 e. The first kappa shape index (κ1) is 11.4. The fourth-order valence-corrected chi connectivity index (χ4v) is 1.34. The molecule has 0 aliphatic heterocycles. The van der Waals surface area contributed by atoms with E-state index in [-0.39, 0.29) is 12.5 Å². The zero-order valence-corrected chi connectivity index (χ0v) is 9.35. The second kappa shape index (κ2) is 4.84. The molecule has 1 amide bonds. The van der Waals surface area contributed by atoms with E-state index < -0.39 is 5.95 Å². The maximum absolute atomic E-state index is 11.5. The molecule has 1 N–H and O–H groups in total. The Morgan fingerprint density at radius 1 is 1.47 bits per heavy atom. The number of halogens is 1. The minimum atomic E-state index is -0.593. The molecular formula is C10H8ClN3O3. The topological polar surface area (TPSA) is 82.1 Å². The summed E-state index contributed by atoms with van der Waals surface area (Å²) in [5.74, 6) is -0.907. The van der Waals surface area contributed by atoms with Crippen molar-refractivity contribution in [1.82, 2.24) is 5.27 Å². The Kier molecular flexibility index (Phi) is 3.24.